The van der Waals surface area contributed by atoms with Gasteiger partial charge in [-0.25, -0.2) is 0 Å². The van der Waals surface area contributed by atoms with Crippen molar-refractivity contribution in [3.63, 3.8) is 0 Å². The van der Waals surface area contributed by atoms with Gasteiger partial charge in [0.15, 0.2) is 11.6 Å². The maximum atomic E-state index is 14.8. The second-order valence-corrected chi connectivity index (χ2v) is 12.1. The van der Waals surface area contributed by atoms with Gasteiger partial charge < -0.3 is 10.2 Å². The summed E-state index contributed by atoms with van der Waals surface area (Å²) < 4.78 is 0. The lowest BCUT2D eigenvalue weighted by Gasteiger charge is -2.39. The normalized spacial score (nSPS) is 24.3. The van der Waals surface area contributed by atoms with Crippen LogP contribution in [0.4, 0.5) is 11.4 Å². The van der Waals surface area contributed by atoms with Gasteiger partial charge in [0, 0.05) is 27.5 Å². The Morgan fingerprint density at radius 2 is 1.73 bits per heavy atom. The lowest BCUT2D eigenvalue weighted by atomic mass is 9.64. The molecular weight excluding hydrogens is 563 g/mol. The largest absolute Gasteiger partial charge is 0.352 e. The summed E-state index contributed by atoms with van der Waals surface area (Å²) in [5, 5.41) is 5.46. The van der Waals surface area contributed by atoms with Crippen molar-refractivity contribution in [2.24, 2.45) is 5.92 Å². The summed E-state index contributed by atoms with van der Waals surface area (Å²) in [5.41, 5.74) is 2.94. The van der Waals surface area contributed by atoms with Crippen LogP contribution in [0, 0.1) is 5.92 Å². The molecule has 7 rings (SSSR count). The maximum absolute atomic E-state index is 14.8. The second-order valence-electron chi connectivity index (χ2n) is 10.3. The van der Waals surface area contributed by atoms with E-state index in [1.165, 1.54) is 17.4 Å². The van der Waals surface area contributed by atoms with E-state index in [1.807, 2.05) is 77.9 Å². The maximum Gasteiger partial charge on any atom is 0.238 e. The average molecular weight is 586 g/mol. The summed E-state index contributed by atoms with van der Waals surface area (Å²) in [6, 6.07) is 22.0. The van der Waals surface area contributed by atoms with Crippen molar-refractivity contribution in [1.82, 2.24) is 0 Å². The number of halogens is 2. The Labute approximate surface area is 245 Å². The number of benzene rings is 3. The first-order valence-corrected chi connectivity index (χ1v) is 14.5. The monoisotopic (exact) mass is 584 g/mol. The van der Waals surface area contributed by atoms with Gasteiger partial charge in [-0.05, 0) is 59.8 Å². The lowest BCUT2D eigenvalue weighted by Crippen LogP contribution is -2.51. The molecule has 0 radical (unpaired) electrons. The van der Waals surface area contributed by atoms with E-state index in [2.05, 4.69) is 5.32 Å². The van der Waals surface area contributed by atoms with Gasteiger partial charge in [0.25, 0.3) is 0 Å². The van der Waals surface area contributed by atoms with E-state index >= 15 is 0 Å². The zero-order valence-electron chi connectivity index (χ0n) is 21.2. The number of hydrogen-bond acceptors (Lipinski definition) is 5. The number of carbonyl (C=O) groups is 3. The number of amides is 1. The van der Waals surface area contributed by atoms with Crippen LogP contribution in [0.5, 0.6) is 0 Å². The molecule has 3 aliphatic heterocycles. The number of carbonyl (C=O) groups excluding carboxylic acids is 3. The van der Waals surface area contributed by atoms with Gasteiger partial charge in [-0.1, -0.05) is 71.7 Å². The summed E-state index contributed by atoms with van der Waals surface area (Å²) in [4.78, 5) is 46.2. The molecule has 1 aromatic heterocycles. The molecule has 3 aliphatic rings. The fourth-order valence-corrected chi connectivity index (χ4v) is 8.01. The molecule has 4 aromatic rings. The third kappa shape index (κ3) is 3.36. The van der Waals surface area contributed by atoms with Gasteiger partial charge in [-0.15, -0.1) is 11.3 Å². The fraction of sp³-hybridized carbons (Fsp3) is 0.156. The number of para-hydroxylation sites is 2. The van der Waals surface area contributed by atoms with Crippen LogP contribution in [0.25, 0.3) is 5.57 Å². The molecule has 3 aromatic carbocycles. The molecule has 4 heterocycles. The summed E-state index contributed by atoms with van der Waals surface area (Å²) in [5.74, 6) is -1.97. The molecule has 1 spiro atoms. The van der Waals surface area contributed by atoms with Crippen molar-refractivity contribution in [3.8, 4) is 0 Å². The third-order valence-corrected chi connectivity index (χ3v) is 9.83. The standard InChI is InChI=1S/C32H22Cl2N2O3S/c1-17-15-26-32(21-8-3-4-9-23(21)35-31(32)39)27(29(37)20-13-12-18(33)16-22(20)34)28(30(38)25-11-6-14-40-25)36(26)24-10-5-2-7-19(17)24/h2-16,26-28H,1H3,(H,35,39)/t26-,27-,28+,32+/m0/s1. The highest BCUT2D eigenvalue weighted by atomic mass is 35.5. The molecule has 1 amide bonds. The fourth-order valence-electron chi connectivity index (χ4n) is 6.81. The third-order valence-electron chi connectivity index (χ3n) is 8.40. The number of allylic oxidation sites excluding steroid dienone is 1. The first-order valence-electron chi connectivity index (χ1n) is 12.9. The topological polar surface area (TPSA) is 66.5 Å². The lowest BCUT2D eigenvalue weighted by molar-refractivity contribution is -0.121. The van der Waals surface area contributed by atoms with Gasteiger partial charge in [-0.3, -0.25) is 14.4 Å². The Balaban J connectivity index is 1.57. The molecule has 1 fully saturated rings. The van der Waals surface area contributed by atoms with Gasteiger partial charge in [0.05, 0.1) is 21.9 Å². The molecule has 5 nitrogen and oxygen atoms in total. The molecule has 198 valence electrons. The second kappa shape index (κ2) is 9.16. The van der Waals surface area contributed by atoms with Crippen molar-refractivity contribution in [3.05, 3.63) is 122 Å². The predicted molar refractivity (Wildman–Crippen MR) is 160 cm³/mol. The van der Waals surface area contributed by atoms with E-state index in [0.717, 1.165) is 16.8 Å². The molecule has 1 N–H and O–H groups in total. The van der Waals surface area contributed by atoms with E-state index in [9.17, 15) is 14.4 Å². The van der Waals surface area contributed by atoms with E-state index in [-0.39, 0.29) is 28.1 Å². The Hall–Kier alpha value is -3.71. The Morgan fingerprint density at radius 1 is 0.950 bits per heavy atom. The molecule has 0 bridgehead atoms. The van der Waals surface area contributed by atoms with Gasteiger partial charge in [0.2, 0.25) is 5.91 Å². The molecule has 8 heteroatoms. The number of hydrogen-bond donors (Lipinski definition) is 1. The highest BCUT2D eigenvalue weighted by Crippen LogP contribution is 2.59. The van der Waals surface area contributed by atoms with Gasteiger partial charge in [0.1, 0.15) is 11.5 Å². The number of Topliss-reactive ketones (excluding diaryl/α,β-unsaturated/α-hetero) is 2. The minimum Gasteiger partial charge on any atom is -0.352 e. The van der Waals surface area contributed by atoms with Crippen LogP contribution in [0.3, 0.4) is 0 Å². The van der Waals surface area contributed by atoms with Crippen LogP contribution in [0.15, 0.2) is 90.3 Å². The Bertz CT molecular complexity index is 1770. The number of nitrogens with one attached hydrogen (secondary N) is 1. The minimum absolute atomic E-state index is 0.179. The zero-order chi connectivity index (χ0) is 27.8. The molecule has 1 saturated heterocycles. The first kappa shape index (κ1) is 25.3. The van der Waals surface area contributed by atoms with Crippen LogP contribution in [0.1, 0.15) is 38.1 Å². The van der Waals surface area contributed by atoms with Crippen LogP contribution >= 0.6 is 34.5 Å². The highest BCUT2D eigenvalue weighted by Gasteiger charge is 2.70. The highest BCUT2D eigenvalue weighted by molar-refractivity contribution is 7.12. The zero-order valence-corrected chi connectivity index (χ0v) is 23.6. The Kier molecular flexibility index (Phi) is 5.79. The van der Waals surface area contributed by atoms with Crippen molar-refractivity contribution >= 4 is 69.0 Å². The van der Waals surface area contributed by atoms with Crippen LogP contribution < -0.4 is 10.2 Å². The van der Waals surface area contributed by atoms with Crippen molar-refractivity contribution in [1.29, 1.82) is 0 Å². The number of fused-ring (bicyclic) bond motifs is 6. The molecular formula is C32H22Cl2N2O3S. The van der Waals surface area contributed by atoms with Crippen molar-refractivity contribution < 1.29 is 14.4 Å². The van der Waals surface area contributed by atoms with Crippen LogP contribution in [-0.2, 0) is 10.2 Å². The average Bonchev–Trinajstić information content (AvgIpc) is 3.65. The molecule has 0 unspecified atom stereocenters. The smallest absolute Gasteiger partial charge is 0.238 e. The Morgan fingerprint density at radius 3 is 2.50 bits per heavy atom. The summed E-state index contributed by atoms with van der Waals surface area (Å²) in [7, 11) is 0. The van der Waals surface area contributed by atoms with Gasteiger partial charge >= 0.3 is 0 Å². The number of anilines is 2. The summed E-state index contributed by atoms with van der Waals surface area (Å²) in [6.45, 7) is 2.00. The quantitative estimate of drug-likeness (QED) is 0.255. The van der Waals surface area contributed by atoms with Crippen molar-refractivity contribution in [2.45, 2.75) is 24.4 Å². The number of ketones is 2. The van der Waals surface area contributed by atoms with Crippen molar-refractivity contribution in [2.75, 3.05) is 10.2 Å². The van der Waals surface area contributed by atoms with Crippen LogP contribution in [0.2, 0.25) is 10.0 Å². The van der Waals surface area contributed by atoms with E-state index in [4.69, 9.17) is 23.2 Å². The van der Waals surface area contributed by atoms with E-state index in [0.29, 0.717) is 21.2 Å². The first-order chi connectivity index (χ1) is 19.3. The minimum atomic E-state index is -1.39. The SMILES string of the molecule is CC1=C[C@@H]2N(c3ccccc31)[C@@H](C(=O)c1cccs1)[C@@H](C(=O)c1ccc(Cl)cc1Cl)[C@]21C(=O)Nc2ccccc21. The van der Waals surface area contributed by atoms with Crippen LogP contribution in [-0.4, -0.2) is 29.6 Å². The summed E-state index contributed by atoms with van der Waals surface area (Å²) in [6.07, 6.45) is 2.04. The molecule has 4 atom stereocenters. The van der Waals surface area contributed by atoms with E-state index < -0.39 is 23.4 Å². The molecule has 0 saturated carbocycles. The molecule has 40 heavy (non-hydrogen) atoms. The predicted octanol–water partition coefficient (Wildman–Crippen LogP) is 7.30. The summed E-state index contributed by atoms with van der Waals surface area (Å²) >= 11 is 14.1. The van der Waals surface area contributed by atoms with E-state index in [1.54, 1.807) is 18.2 Å². The molecule has 0 aliphatic carbocycles. The number of rotatable bonds is 4. The van der Waals surface area contributed by atoms with Gasteiger partial charge in [-0.2, -0.15) is 0 Å². The number of thiophene rings is 1. The number of nitrogens with zero attached hydrogens (tertiary/aromatic N) is 1.